The van der Waals surface area contributed by atoms with Crippen molar-refractivity contribution in [1.82, 2.24) is 5.32 Å². The molecule has 1 fully saturated rings. The van der Waals surface area contributed by atoms with E-state index < -0.39 is 0 Å². The minimum atomic E-state index is -0.108. The van der Waals surface area contributed by atoms with Crippen molar-refractivity contribution in [3.8, 4) is 0 Å². The van der Waals surface area contributed by atoms with Gasteiger partial charge in [-0.25, -0.2) is 4.39 Å². The fraction of sp³-hybridized carbons (Fsp3) is 0.538. The second kappa shape index (κ2) is 3.93. The van der Waals surface area contributed by atoms with Crippen molar-refractivity contribution in [2.24, 2.45) is 0 Å². The molecule has 0 bridgehead atoms. The van der Waals surface area contributed by atoms with Crippen molar-refractivity contribution in [1.29, 1.82) is 0 Å². The predicted molar refractivity (Wildman–Crippen MR) is 60.5 cm³/mol. The Morgan fingerprint density at radius 1 is 1.47 bits per heavy atom. The Bertz CT molecular complexity index is 354. The molecule has 1 aliphatic rings. The molecule has 1 aliphatic heterocycles. The highest BCUT2D eigenvalue weighted by atomic mass is 19.1. The smallest absolute Gasteiger partial charge is 0.126 e. The van der Waals surface area contributed by atoms with Crippen molar-refractivity contribution in [2.75, 3.05) is 6.54 Å². The fourth-order valence-corrected chi connectivity index (χ4v) is 2.38. The third-order valence-electron chi connectivity index (χ3n) is 3.27. The van der Waals surface area contributed by atoms with Crippen molar-refractivity contribution in [2.45, 2.75) is 38.6 Å². The Morgan fingerprint density at radius 3 is 2.87 bits per heavy atom. The van der Waals surface area contributed by atoms with Gasteiger partial charge in [0.15, 0.2) is 0 Å². The number of rotatable bonds is 2. The molecule has 1 nitrogen and oxygen atoms in total. The molecule has 0 saturated carbocycles. The van der Waals surface area contributed by atoms with Crippen LogP contribution in [0.15, 0.2) is 18.2 Å². The molecule has 1 N–H and O–H groups in total. The van der Waals surface area contributed by atoms with E-state index >= 15 is 0 Å². The maximum atomic E-state index is 13.1. The van der Waals surface area contributed by atoms with Crippen molar-refractivity contribution in [3.05, 3.63) is 35.1 Å². The van der Waals surface area contributed by atoms with Crippen LogP contribution in [-0.2, 0) is 6.42 Å². The Morgan fingerprint density at radius 2 is 2.27 bits per heavy atom. The second-order valence-electron chi connectivity index (χ2n) is 4.85. The normalized spacial score (nSPS) is 25.8. The van der Waals surface area contributed by atoms with Crippen molar-refractivity contribution < 1.29 is 4.39 Å². The summed E-state index contributed by atoms with van der Waals surface area (Å²) in [5.41, 5.74) is 2.18. The summed E-state index contributed by atoms with van der Waals surface area (Å²) in [6, 6.07) is 5.43. The van der Waals surface area contributed by atoms with Gasteiger partial charge in [0.05, 0.1) is 0 Å². The van der Waals surface area contributed by atoms with E-state index in [-0.39, 0.29) is 11.4 Å². The monoisotopic (exact) mass is 207 g/mol. The molecule has 0 aromatic heterocycles. The first-order valence-corrected chi connectivity index (χ1v) is 5.59. The minimum absolute atomic E-state index is 0.108. The lowest BCUT2D eigenvalue weighted by atomic mass is 9.91. The highest BCUT2D eigenvalue weighted by Crippen LogP contribution is 2.24. The molecule has 1 heterocycles. The van der Waals surface area contributed by atoms with Crippen LogP contribution in [0.25, 0.3) is 0 Å². The van der Waals surface area contributed by atoms with E-state index in [1.165, 1.54) is 18.4 Å². The molecule has 1 saturated heterocycles. The van der Waals surface area contributed by atoms with Crippen LogP contribution in [-0.4, -0.2) is 12.1 Å². The average Bonchev–Trinajstić information content (AvgIpc) is 2.59. The first-order chi connectivity index (χ1) is 7.09. The highest BCUT2D eigenvalue weighted by molar-refractivity contribution is 5.25. The van der Waals surface area contributed by atoms with Gasteiger partial charge in [-0.05, 0) is 56.8 Å². The third-order valence-corrected chi connectivity index (χ3v) is 3.27. The molecule has 82 valence electrons. The summed E-state index contributed by atoms with van der Waals surface area (Å²) in [7, 11) is 0. The van der Waals surface area contributed by atoms with Crippen molar-refractivity contribution >= 4 is 0 Å². The number of aryl methyl sites for hydroxylation is 1. The molecular formula is C13H18FN. The van der Waals surface area contributed by atoms with E-state index in [4.69, 9.17) is 0 Å². The third kappa shape index (κ3) is 2.37. The zero-order chi connectivity index (χ0) is 10.9. The molecule has 2 rings (SSSR count). The topological polar surface area (TPSA) is 12.0 Å². The zero-order valence-corrected chi connectivity index (χ0v) is 9.44. The van der Waals surface area contributed by atoms with Crippen molar-refractivity contribution in [3.63, 3.8) is 0 Å². The summed E-state index contributed by atoms with van der Waals surface area (Å²) in [5.74, 6) is -0.108. The lowest BCUT2D eigenvalue weighted by Gasteiger charge is -2.24. The molecule has 1 unspecified atom stereocenters. The first kappa shape index (κ1) is 10.6. The molecule has 0 amide bonds. The predicted octanol–water partition coefficient (Wildman–Crippen LogP) is 2.82. The standard InChI is InChI=1S/C13H18FN/c1-10-8-11(4-5-12(10)14)9-13(2)6-3-7-15-13/h4-5,8,15H,3,6-7,9H2,1-2H3. The van der Waals surface area contributed by atoms with Crippen LogP contribution in [0.3, 0.4) is 0 Å². The number of hydrogen-bond donors (Lipinski definition) is 1. The summed E-state index contributed by atoms with van der Waals surface area (Å²) in [5, 5.41) is 3.52. The molecule has 0 aliphatic carbocycles. The summed E-state index contributed by atoms with van der Waals surface area (Å²) in [6.07, 6.45) is 3.45. The zero-order valence-electron chi connectivity index (χ0n) is 9.44. The molecule has 0 radical (unpaired) electrons. The maximum absolute atomic E-state index is 13.1. The highest BCUT2D eigenvalue weighted by Gasteiger charge is 2.27. The summed E-state index contributed by atoms with van der Waals surface area (Å²) in [6.45, 7) is 5.18. The van der Waals surface area contributed by atoms with Gasteiger partial charge in [0.25, 0.3) is 0 Å². The van der Waals surface area contributed by atoms with Gasteiger partial charge < -0.3 is 5.32 Å². The Hall–Kier alpha value is -0.890. The average molecular weight is 207 g/mol. The molecular weight excluding hydrogens is 189 g/mol. The Balaban J connectivity index is 2.13. The molecule has 0 spiro atoms. The minimum Gasteiger partial charge on any atom is -0.311 e. The summed E-state index contributed by atoms with van der Waals surface area (Å²) in [4.78, 5) is 0. The van der Waals surface area contributed by atoms with Crippen LogP contribution < -0.4 is 5.32 Å². The van der Waals surface area contributed by atoms with Gasteiger partial charge in [0, 0.05) is 5.54 Å². The Kier molecular flexibility index (Phi) is 2.79. The number of hydrogen-bond acceptors (Lipinski definition) is 1. The SMILES string of the molecule is Cc1cc(CC2(C)CCCN2)ccc1F. The van der Waals surface area contributed by atoms with E-state index in [1.54, 1.807) is 6.07 Å². The largest absolute Gasteiger partial charge is 0.311 e. The quantitative estimate of drug-likeness (QED) is 0.786. The number of halogens is 1. The van der Waals surface area contributed by atoms with Gasteiger partial charge in [-0.2, -0.15) is 0 Å². The fourth-order valence-electron chi connectivity index (χ4n) is 2.38. The van der Waals surface area contributed by atoms with Gasteiger partial charge in [0.2, 0.25) is 0 Å². The molecule has 1 aromatic carbocycles. The van der Waals surface area contributed by atoms with Gasteiger partial charge in [0.1, 0.15) is 5.82 Å². The maximum Gasteiger partial charge on any atom is 0.126 e. The second-order valence-corrected chi connectivity index (χ2v) is 4.85. The summed E-state index contributed by atoms with van der Waals surface area (Å²) >= 11 is 0. The number of nitrogens with one attached hydrogen (secondary N) is 1. The van der Waals surface area contributed by atoms with Crippen LogP contribution in [0.4, 0.5) is 4.39 Å². The Labute approximate surface area is 90.7 Å². The molecule has 1 aromatic rings. The first-order valence-electron chi connectivity index (χ1n) is 5.59. The van der Waals surface area contributed by atoms with E-state index in [1.807, 2.05) is 19.1 Å². The molecule has 2 heteroatoms. The van der Waals surface area contributed by atoms with E-state index in [0.29, 0.717) is 0 Å². The molecule has 1 atom stereocenters. The van der Waals surface area contributed by atoms with Gasteiger partial charge in [-0.1, -0.05) is 12.1 Å². The van der Waals surface area contributed by atoms with E-state index in [0.717, 1.165) is 18.5 Å². The van der Waals surface area contributed by atoms with Gasteiger partial charge in [-0.15, -0.1) is 0 Å². The lowest BCUT2D eigenvalue weighted by molar-refractivity contribution is 0.412. The van der Waals surface area contributed by atoms with Crippen LogP contribution in [0.5, 0.6) is 0 Å². The van der Waals surface area contributed by atoms with Crippen LogP contribution >= 0.6 is 0 Å². The lowest BCUT2D eigenvalue weighted by Crippen LogP contribution is -2.38. The van der Waals surface area contributed by atoms with Gasteiger partial charge in [-0.3, -0.25) is 0 Å². The summed E-state index contributed by atoms with van der Waals surface area (Å²) < 4.78 is 13.1. The van der Waals surface area contributed by atoms with Crippen LogP contribution in [0.2, 0.25) is 0 Å². The van der Waals surface area contributed by atoms with E-state index in [2.05, 4.69) is 12.2 Å². The number of benzene rings is 1. The van der Waals surface area contributed by atoms with Gasteiger partial charge >= 0.3 is 0 Å². The van der Waals surface area contributed by atoms with Crippen LogP contribution in [0, 0.1) is 12.7 Å². The van der Waals surface area contributed by atoms with E-state index in [9.17, 15) is 4.39 Å². The van der Waals surface area contributed by atoms with Crippen LogP contribution in [0.1, 0.15) is 30.9 Å². The molecule has 15 heavy (non-hydrogen) atoms.